The molecular weight excluding hydrogens is 336 g/mol. The second-order valence-corrected chi connectivity index (χ2v) is 8.15. The van der Waals surface area contributed by atoms with Gasteiger partial charge in [0.15, 0.2) is 5.82 Å². The van der Waals surface area contributed by atoms with Gasteiger partial charge in [0.2, 0.25) is 5.95 Å². The minimum Gasteiger partial charge on any atom is -0.372 e. The Morgan fingerprint density at radius 3 is 2.07 bits per heavy atom. The van der Waals surface area contributed by atoms with E-state index in [4.69, 9.17) is 0 Å². The van der Waals surface area contributed by atoms with Crippen molar-refractivity contribution in [3.05, 3.63) is 30.5 Å². The number of hydrogen-bond acceptors (Lipinski definition) is 6. The van der Waals surface area contributed by atoms with Crippen molar-refractivity contribution in [3.63, 3.8) is 0 Å². The molecule has 27 heavy (non-hydrogen) atoms. The second-order valence-electron chi connectivity index (χ2n) is 8.15. The van der Waals surface area contributed by atoms with Crippen LogP contribution in [0.15, 0.2) is 30.5 Å². The van der Waals surface area contributed by atoms with Crippen LogP contribution < -0.4 is 15.1 Å². The molecule has 6 heteroatoms. The molecule has 0 aliphatic carbocycles. The molecule has 4 rings (SSSR count). The molecule has 144 valence electrons. The van der Waals surface area contributed by atoms with Crippen molar-refractivity contribution in [2.45, 2.75) is 39.5 Å². The van der Waals surface area contributed by atoms with Gasteiger partial charge in [0.1, 0.15) is 0 Å². The highest BCUT2D eigenvalue weighted by Gasteiger charge is 2.18. The minimum absolute atomic E-state index is 0.561. The van der Waals surface area contributed by atoms with E-state index in [1.54, 1.807) is 6.20 Å². The van der Waals surface area contributed by atoms with Crippen LogP contribution in [-0.4, -0.2) is 41.4 Å². The van der Waals surface area contributed by atoms with E-state index in [9.17, 15) is 0 Å². The van der Waals surface area contributed by atoms with Gasteiger partial charge >= 0.3 is 0 Å². The topological polar surface area (TPSA) is 57.2 Å². The van der Waals surface area contributed by atoms with Gasteiger partial charge in [0, 0.05) is 37.6 Å². The molecule has 2 aromatic rings. The molecule has 0 atom stereocenters. The van der Waals surface area contributed by atoms with E-state index >= 15 is 0 Å². The van der Waals surface area contributed by atoms with Crippen molar-refractivity contribution in [2.24, 2.45) is 11.8 Å². The lowest BCUT2D eigenvalue weighted by atomic mass is 9.99. The van der Waals surface area contributed by atoms with Crippen molar-refractivity contribution in [2.75, 3.05) is 41.3 Å². The highest BCUT2D eigenvalue weighted by atomic mass is 15.3. The molecule has 2 saturated heterocycles. The van der Waals surface area contributed by atoms with Gasteiger partial charge in [-0.3, -0.25) is 0 Å². The first-order valence-electron chi connectivity index (χ1n) is 10.2. The molecule has 1 aromatic carbocycles. The summed E-state index contributed by atoms with van der Waals surface area (Å²) in [4.78, 5) is 9.45. The standard InChI is InChI=1S/C21H30N6/c1-16-7-11-26(12-8-16)19-5-3-18(4-6-19)23-21-24-20(15-22-25-21)27-13-9-17(2)10-14-27/h3-6,15-17H,7-14H2,1-2H3,(H,23,24,25). The molecule has 0 radical (unpaired) electrons. The fourth-order valence-corrected chi connectivity index (χ4v) is 3.89. The van der Waals surface area contributed by atoms with Gasteiger partial charge in [-0.25, -0.2) is 0 Å². The van der Waals surface area contributed by atoms with Crippen molar-refractivity contribution in [1.82, 2.24) is 15.2 Å². The summed E-state index contributed by atoms with van der Waals surface area (Å²) in [5.74, 6) is 3.13. The van der Waals surface area contributed by atoms with Gasteiger partial charge in [-0.15, -0.1) is 5.10 Å². The molecule has 6 nitrogen and oxygen atoms in total. The predicted molar refractivity (Wildman–Crippen MR) is 111 cm³/mol. The lowest BCUT2D eigenvalue weighted by Crippen LogP contribution is -2.33. The highest BCUT2D eigenvalue weighted by molar-refractivity contribution is 5.60. The zero-order valence-electron chi connectivity index (χ0n) is 16.4. The summed E-state index contributed by atoms with van der Waals surface area (Å²) < 4.78 is 0. The highest BCUT2D eigenvalue weighted by Crippen LogP contribution is 2.25. The Hall–Kier alpha value is -2.37. The van der Waals surface area contributed by atoms with E-state index in [1.165, 1.54) is 31.4 Å². The molecule has 1 N–H and O–H groups in total. The lowest BCUT2D eigenvalue weighted by Gasteiger charge is -2.32. The summed E-state index contributed by atoms with van der Waals surface area (Å²) in [5, 5.41) is 11.6. The zero-order valence-corrected chi connectivity index (χ0v) is 16.4. The molecule has 0 saturated carbocycles. The smallest absolute Gasteiger partial charge is 0.249 e. The van der Waals surface area contributed by atoms with Crippen molar-refractivity contribution in [1.29, 1.82) is 0 Å². The van der Waals surface area contributed by atoms with Crippen LogP contribution >= 0.6 is 0 Å². The molecular formula is C21H30N6. The van der Waals surface area contributed by atoms with Gasteiger partial charge in [-0.05, 0) is 61.8 Å². The summed E-state index contributed by atoms with van der Waals surface area (Å²) in [6, 6.07) is 8.57. The van der Waals surface area contributed by atoms with Crippen molar-refractivity contribution >= 4 is 23.1 Å². The number of benzene rings is 1. The molecule has 1 aromatic heterocycles. The second kappa shape index (κ2) is 8.11. The number of piperidine rings is 2. The molecule has 3 heterocycles. The van der Waals surface area contributed by atoms with Crippen molar-refractivity contribution < 1.29 is 0 Å². The lowest BCUT2D eigenvalue weighted by molar-refractivity contribution is 0.436. The first-order valence-corrected chi connectivity index (χ1v) is 10.2. The van der Waals surface area contributed by atoms with E-state index in [1.807, 2.05) is 0 Å². The number of aromatic nitrogens is 3. The minimum atomic E-state index is 0.561. The zero-order chi connectivity index (χ0) is 18.6. The van der Waals surface area contributed by atoms with Crippen LogP contribution in [0.25, 0.3) is 0 Å². The maximum Gasteiger partial charge on any atom is 0.249 e. The maximum absolute atomic E-state index is 4.67. The third-order valence-electron chi connectivity index (χ3n) is 5.93. The largest absolute Gasteiger partial charge is 0.372 e. The summed E-state index contributed by atoms with van der Waals surface area (Å²) in [6.45, 7) is 9.05. The normalized spacial score (nSPS) is 19.3. The molecule has 2 aliphatic rings. The summed E-state index contributed by atoms with van der Waals surface area (Å²) >= 11 is 0. The third-order valence-corrected chi connectivity index (χ3v) is 5.93. The monoisotopic (exact) mass is 366 g/mol. The van der Waals surface area contributed by atoms with Gasteiger partial charge < -0.3 is 15.1 Å². The molecule has 2 aliphatic heterocycles. The number of nitrogens with one attached hydrogen (secondary N) is 1. The summed E-state index contributed by atoms with van der Waals surface area (Å²) in [5.41, 5.74) is 2.29. The number of anilines is 4. The van der Waals surface area contributed by atoms with E-state index < -0.39 is 0 Å². The van der Waals surface area contributed by atoms with E-state index in [0.29, 0.717) is 5.95 Å². The maximum atomic E-state index is 4.67. The summed E-state index contributed by atoms with van der Waals surface area (Å²) in [6.07, 6.45) is 6.75. The van der Waals surface area contributed by atoms with Crippen LogP contribution in [0.3, 0.4) is 0 Å². The average Bonchev–Trinajstić information content (AvgIpc) is 2.70. The molecule has 0 amide bonds. The Morgan fingerprint density at radius 2 is 1.44 bits per heavy atom. The van der Waals surface area contributed by atoms with Crippen molar-refractivity contribution in [3.8, 4) is 0 Å². The van der Waals surface area contributed by atoms with Crippen LogP contribution in [0.4, 0.5) is 23.1 Å². The van der Waals surface area contributed by atoms with Crippen LogP contribution in [0, 0.1) is 11.8 Å². The Balaban J connectivity index is 1.39. The quantitative estimate of drug-likeness (QED) is 0.880. The average molecular weight is 367 g/mol. The fourth-order valence-electron chi connectivity index (χ4n) is 3.89. The van der Waals surface area contributed by atoms with Gasteiger partial charge in [-0.1, -0.05) is 13.8 Å². The van der Waals surface area contributed by atoms with Gasteiger partial charge in [-0.2, -0.15) is 10.1 Å². The third kappa shape index (κ3) is 4.49. The fraction of sp³-hybridized carbons (Fsp3) is 0.571. The molecule has 0 bridgehead atoms. The van der Waals surface area contributed by atoms with E-state index in [2.05, 4.69) is 68.4 Å². The molecule has 0 unspecified atom stereocenters. The number of hydrogen-bond donors (Lipinski definition) is 1. The SMILES string of the molecule is CC1CCN(c2ccc(Nc3nncc(N4CCC(C)CC4)n3)cc2)CC1. The van der Waals surface area contributed by atoms with Crippen LogP contribution in [0.1, 0.15) is 39.5 Å². The first kappa shape index (κ1) is 18.0. The van der Waals surface area contributed by atoms with E-state index in [-0.39, 0.29) is 0 Å². The Bertz CT molecular complexity index is 731. The Morgan fingerprint density at radius 1 is 0.852 bits per heavy atom. The van der Waals surface area contributed by atoms with Gasteiger partial charge in [0.25, 0.3) is 0 Å². The van der Waals surface area contributed by atoms with Crippen LogP contribution in [0.5, 0.6) is 0 Å². The predicted octanol–water partition coefficient (Wildman–Crippen LogP) is 4.09. The van der Waals surface area contributed by atoms with Gasteiger partial charge in [0.05, 0.1) is 6.20 Å². The molecule has 2 fully saturated rings. The Kier molecular flexibility index (Phi) is 5.41. The van der Waals surface area contributed by atoms with E-state index in [0.717, 1.165) is 49.5 Å². The first-order chi connectivity index (χ1) is 13.2. The molecule has 0 spiro atoms. The number of rotatable bonds is 4. The Labute approximate surface area is 162 Å². The number of nitrogens with zero attached hydrogens (tertiary/aromatic N) is 5. The summed E-state index contributed by atoms with van der Waals surface area (Å²) in [7, 11) is 0. The van der Waals surface area contributed by atoms with Crippen LogP contribution in [-0.2, 0) is 0 Å². The van der Waals surface area contributed by atoms with Crippen LogP contribution in [0.2, 0.25) is 0 Å².